The highest BCUT2D eigenvalue weighted by molar-refractivity contribution is 5.80. The van der Waals surface area contributed by atoms with Crippen LogP contribution in [-0.4, -0.2) is 36.6 Å². The Labute approximate surface area is 86.5 Å². The van der Waals surface area contributed by atoms with Crippen molar-refractivity contribution in [2.75, 3.05) is 20.1 Å². The summed E-state index contributed by atoms with van der Waals surface area (Å²) in [4.78, 5) is 24.0. The van der Waals surface area contributed by atoms with Crippen molar-refractivity contribution in [2.24, 2.45) is 5.92 Å². The summed E-state index contributed by atoms with van der Waals surface area (Å²) in [7, 11) is 1.90. The van der Waals surface area contributed by atoms with Crippen LogP contribution in [0.2, 0.25) is 0 Å². The lowest BCUT2D eigenvalue weighted by molar-refractivity contribution is -0.122. The topological polar surface area (TPSA) is 37.4 Å². The van der Waals surface area contributed by atoms with Crippen molar-refractivity contribution in [2.45, 2.75) is 33.6 Å². The average molecular weight is 199 g/mol. The van der Waals surface area contributed by atoms with E-state index in [1.54, 1.807) is 6.92 Å². The van der Waals surface area contributed by atoms with E-state index in [1.807, 2.05) is 25.8 Å². The van der Waals surface area contributed by atoms with Crippen LogP contribution in [-0.2, 0) is 9.59 Å². The molecule has 0 aliphatic heterocycles. The minimum atomic E-state index is 0.133. The Morgan fingerprint density at radius 1 is 1.29 bits per heavy atom. The summed E-state index contributed by atoms with van der Waals surface area (Å²) in [5.74, 6) is 0.608. The molecule has 0 N–H and O–H groups in total. The van der Waals surface area contributed by atoms with Crippen LogP contribution in [0.15, 0.2) is 0 Å². The van der Waals surface area contributed by atoms with E-state index < -0.39 is 0 Å². The standard InChI is InChI=1S/C11H21NO2/c1-9(2)11(14)6-5-7-12(4)8-10(3)13/h9H,5-8H2,1-4H3. The molecule has 0 atom stereocenters. The first-order chi connectivity index (χ1) is 6.43. The largest absolute Gasteiger partial charge is 0.299 e. The minimum Gasteiger partial charge on any atom is -0.299 e. The highest BCUT2D eigenvalue weighted by Gasteiger charge is 2.07. The molecule has 0 radical (unpaired) electrons. The van der Waals surface area contributed by atoms with Gasteiger partial charge in [0.1, 0.15) is 11.6 Å². The molecule has 14 heavy (non-hydrogen) atoms. The number of carbonyl (C=O) groups excluding carboxylic acids is 2. The summed E-state index contributed by atoms with van der Waals surface area (Å²) in [6, 6.07) is 0. The van der Waals surface area contributed by atoms with E-state index in [4.69, 9.17) is 0 Å². The fourth-order valence-corrected chi connectivity index (χ4v) is 1.27. The molecule has 3 nitrogen and oxygen atoms in total. The Kier molecular flexibility index (Phi) is 6.37. The molecule has 0 aliphatic carbocycles. The first-order valence-corrected chi connectivity index (χ1v) is 5.14. The van der Waals surface area contributed by atoms with Crippen molar-refractivity contribution < 1.29 is 9.59 Å². The highest BCUT2D eigenvalue weighted by Crippen LogP contribution is 2.02. The summed E-state index contributed by atoms with van der Waals surface area (Å²) in [5.41, 5.74) is 0. The second-order valence-electron chi connectivity index (χ2n) is 4.16. The third-order valence-electron chi connectivity index (χ3n) is 2.10. The van der Waals surface area contributed by atoms with Crippen LogP contribution in [0.3, 0.4) is 0 Å². The molecular weight excluding hydrogens is 178 g/mol. The van der Waals surface area contributed by atoms with Crippen LogP contribution in [0.4, 0.5) is 0 Å². The van der Waals surface area contributed by atoms with Gasteiger partial charge in [-0.2, -0.15) is 0 Å². The maximum atomic E-state index is 11.3. The maximum absolute atomic E-state index is 11.3. The van der Waals surface area contributed by atoms with E-state index in [0.29, 0.717) is 18.7 Å². The van der Waals surface area contributed by atoms with Crippen molar-refractivity contribution in [3.63, 3.8) is 0 Å². The molecule has 0 bridgehead atoms. The third-order valence-corrected chi connectivity index (χ3v) is 2.10. The van der Waals surface area contributed by atoms with Gasteiger partial charge in [0.15, 0.2) is 0 Å². The Morgan fingerprint density at radius 3 is 2.29 bits per heavy atom. The van der Waals surface area contributed by atoms with E-state index >= 15 is 0 Å². The zero-order chi connectivity index (χ0) is 11.1. The monoisotopic (exact) mass is 199 g/mol. The van der Waals surface area contributed by atoms with E-state index in [1.165, 1.54) is 0 Å². The van der Waals surface area contributed by atoms with Crippen LogP contribution in [0.25, 0.3) is 0 Å². The molecule has 0 rings (SSSR count). The first kappa shape index (κ1) is 13.3. The summed E-state index contributed by atoms with van der Waals surface area (Å²) in [5, 5.41) is 0. The van der Waals surface area contributed by atoms with Crippen LogP contribution in [0, 0.1) is 5.92 Å². The predicted octanol–water partition coefficient (Wildman–Crippen LogP) is 1.51. The van der Waals surface area contributed by atoms with E-state index in [-0.39, 0.29) is 11.7 Å². The second kappa shape index (κ2) is 6.71. The third kappa shape index (κ3) is 6.78. The summed E-state index contributed by atoms with van der Waals surface area (Å²) in [6.45, 7) is 6.72. The fraction of sp³-hybridized carbons (Fsp3) is 0.818. The Bertz CT molecular complexity index is 199. The number of hydrogen-bond acceptors (Lipinski definition) is 3. The van der Waals surface area contributed by atoms with Crippen LogP contribution < -0.4 is 0 Å². The molecule has 0 aliphatic rings. The lowest BCUT2D eigenvalue weighted by Crippen LogP contribution is -2.26. The van der Waals surface area contributed by atoms with E-state index in [2.05, 4.69) is 0 Å². The van der Waals surface area contributed by atoms with Crippen LogP contribution in [0.1, 0.15) is 33.6 Å². The van der Waals surface area contributed by atoms with Gasteiger partial charge in [0.25, 0.3) is 0 Å². The molecule has 0 fully saturated rings. The molecular formula is C11H21NO2. The smallest absolute Gasteiger partial charge is 0.143 e. The quantitative estimate of drug-likeness (QED) is 0.623. The molecule has 0 aromatic heterocycles. The molecule has 3 heteroatoms. The molecule has 0 unspecified atom stereocenters. The number of hydrogen-bond donors (Lipinski definition) is 0. The van der Waals surface area contributed by atoms with Gasteiger partial charge in [-0.25, -0.2) is 0 Å². The lowest BCUT2D eigenvalue weighted by Gasteiger charge is -2.14. The summed E-state index contributed by atoms with van der Waals surface area (Å²) < 4.78 is 0. The predicted molar refractivity (Wildman–Crippen MR) is 57.3 cm³/mol. The van der Waals surface area contributed by atoms with Gasteiger partial charge >= 0.3 is 0 Å². The van der Waals surface area contributed by atoms with E-state index in [9.17, 15) is 9.59 Å². The number of carbonyl (C=O) groups is 2. The maximum Gasteiger partial charge on any atom is 0.143 e. The molecule has 0 amide bonds. The van der Waals surface area contributed by atoms with Gasteiger partial charge in [0.05, 0.1) is 6.54 Å². The van der Waals surface area contributed by atoms with Crippen LogP contribution in [0.5, 0.6) is 0 Å². The summed E-state index contributed by atoms with van der Waals surface area (Å²) >= 11 is 0. The number of ketones is 2. The van der Waals surface area contributed by atoms with Crippen molar-refractivity contribution in [1.29, 1.82) is 0 Å². The van der Waals surface area contributed by atoms with Gasteiger partial charge in [-0.05, 0) is 26.9 Å². The molecule has 82 valence electrons. The van der Waals surface area contributed by atoms with Gasteiger partial charge in [0, 0.05) is 12.3 Å². The zero-order valence-corrected chi connectivity index (χ0v) is 9.67. The molecule has 0 aromatic rings. The first-order valence-electron chi connectivity index (χ1n) is 5.14. The van der Waals surface area contributed by atoms with Gasteiger partial charge in [0.2, 0.25) is 0 Å². The number of likely N-dealkylation sites (N-methyl/N-ethyl adjacent to an activating group) is 1. The van der Waals surface area contributed by atoms with Gasteiger partial charge in [-0.15, -0.1) is 0 Å². The lowest BCUT2D eigenvalue weighted by atomic mass is 10.0. The van der Waals surface area contributed by atoms with E-state index in [0.717, 1.165) is 13.0 Å². The zero-order valence-electron chi connectivity index (χ0n) is 9.67. The SMILES string of the molecule is CC(=O)CN(C)CCCC(=O)C(C)C. The number of rotatable bonds is 7. The van der Waals surface area contributed by atoms with Gasteiger partial charge in [-0.3, -0.25) is 14.5 Å². The average Bonchev–Trinajstić information content (AvgIpc) is 2.02. The summed E-state index contributed by atoms with van der Waals surface area (Å²) in [6.07, 6.45) is 1.47. The fourth-order valence-electron chi connectivity index (χ4n) is 1.27. The van der Waals surface area contributed by atoms with Crippen molar-refractivity contribution in [3.05, 3.63) is 0 Å². The van der Waals surface area contributed by atoms with Crippen molar-refractivity contribution in [3.8, 4) is 0 Å². The molecule has 0 heterocycles. The van der Waals surface area contributed by atoms with Crippen LogP contribution >= 0.6 is 0 Å². The molecule has 0 saturated carbocycles. The number of Topliss-reactive ketones (excluding diaryl/α,β-unsaturated/α-hetero) is 2. The Balaban J connectivity index is 3.54. The molecule has 0 saturated heterocycles. The normalized spacial score (nSPS) is 11.0. The minimum absolute atomic E-state index is 0.133. The van der Waals surface area contributed by atoms with Gasteiger partial charge < -0.3 is 0 Å². The Hall–Kier alpha value is -0.700. The number of nitrogens with zero attached hydrogens (tertiary/aromatic N) is 1. The van der Waals surface area contributed by atoms with Gasteiger partial charge in [-0.1, -0.05) is 13.8 Å². The molecule has 0 spiro atoms. The van der Waals surface area contributed by atoms with Crippen molar-refractivity contribution in [1.82, 2.24) is 4.90 Å². The Morgan fingerprint density at radius 2 is 1.86 bits per heavy atom. The van der Waals surface area contributed by atoms with Crippen molar-refractivity contribution >= 4 is 11.6 Å². The molecule has 0 aromatic carbocycles. The second-order valence-corrected chi connectivity index (χ2v) is 4.16. The highest BCUT2D eigenvalue weighted by atomic mass is 16.1.